The maximum absolute atomic E-state index is 10.5. The van der Waals surface area contributed by atoms with Crippen molar-refractivity contribution in [1.29, 1.82) is 0 Å². The summed E-state index contributed by atoms with van der Waals surface area (Å²) in [6, 6.07) is 9.75. The van der Waals surface area contributed by atoms with Gasteiger partial charge in [0.15, 0.2) is 0 Å². The standard InChI is InChI=1S/C11H8BrNOS2/c12-8-5-6-15-11(8)16-10-4-2-1-3-9(10)13-7-14/h1-7H,(H,13,14). The fourth-order valence-corrected chi connectivity index (χ4v) is 3.91. The highest BCUT2D eigenvalue weighted by atomic mass is 79.9. The molecule has 1 aromatic carbocycles. The molecule has 0 atom stereocenters. The molecule has 0 fully saturated rings. The third-order valence-corrected chi connectivity index (χ3v) is 5.30. The van der Waals surface area contributed by atoms with Crippen LogP contribution in [0.4, 0.5) is 5.69 Å². The van der Waals surface area contributed by atoms with Crippen molar-refractivity contribution in [2.24, 2.45) is 0 Å². The summed E-state index contributed by atoms with van der Waals surface area (Å²) in [5.41, 5.74) is 0.836. The molecule has 5 heteroatoms. The number of carbonyl (C=O) groups excluding carboxylic acids is 1. The molecule has 0 saturated carbocycles. The number of thiophene rings is 1. The molecule has 1 N–H and O–H groups in total. The van der Waals surface area contributed by atoms with Gasteiger partial charge in [-0.3, -0.25) is 4.79 Å². The Morgan fingerprint density at radius 1 is 1.31 bits per heavy atom. The largest absolute Gasteiger partial charge is 0.328 e. The zero-order valence-electron chi connectivity index (χ0n) is 8.14. The smallest absolute Gasteiger partial charge is 0.211 e. The lowest BCUT2D eigenvalue weighted by Crippen LogP contribution is -1.94. The van der Waals surface area contributed by atoms with E-state index < -0.39 is 0 Å². The van der Waals surface area contributed by atoms with Gasteiger partial charge in [0, 0.05) is 9.37 Å². The second-order valence-corrected chi connectivity index (χ2v) is 6.00. The zero-order valence-corrected chi connectivity index (χ0v) is 11.4. The van der Waals surface area contributed by atoms with Crippen LogP contribution in [0, 0.1) is 0 Å². The number of hydrogen-bond acceptors (Lipinski definition) is 3. The Hall–Kier alpha value is -0.780. The predicted octanol–water partition coefficient (Wildman–Crippen LogP) is 4.23. The maximum atomic E-state index is 10.5. The number of carbonyl (C=O) groups is 1. The van der Waals surface area contributed by atoms with Gasteiger partial charge in [0.2, 0.25) is 6.41 Å². The number of anilines is 1. The van der Waals surface area contributed by atoms with Crippen LogP contribution < -0.4 is 5.32 Å². The van der Waals surface area contributed by atoms with Crippen LogP contribution >= 0.6 is 39.0 Å². The van der Waals surface area contributed by atoms with E-state index in [2.05, 4.69) is 21.2 Å². The normalized spacial score (nSPS) is 10.1. The minimum atomic E-state index is 0.697. The molecule has 0 aliphatic heterocycles. The van der Waals surface area contributed by atoms with E-state index in [4.69, 9.17) is 0 Å². The summed E-state index contributed by atoms with van der Waals surface area (Å²) in [5.74, 6) is 0. The van der Waals surface area contributed by atoms with Crippen LogP contribution in [-0.2, 0) is 4.79 Å². The van der Waals surface area contributed by atoms with Gasteiger partial charge in [0.25, 0.3) is 0 Å². The van der Waals surface area contributed by atoms with Crippen molar-refractivity contribution in [3.63, 3.8) is 0 Å². The van der Waals surface area contributed by atoms with Gasteiger partial charge in [-0.15, -0.1) is 11.3 Å². The molecule has 0 radical (unpaired) electrons. The lowest BCUT2D eigenvalue weighted by Gasteiger charge is -2.06. The first-order valence-electron chi connectivity index (χ1n) is 4.51. The molecule has 82 valence electrons. The molecular weight excluding hydrogens is 306 g/mol. The number of halogens is 1. The van der Waals surface area contributed by atoms with Gasteiger partial charge >= 0.3 is 0 Å². The molecule has 0 unspecified atom stereocenters. The Labute approximate surface area is 110 Å². The van der Waals surface area contributed by atoms with E-state index in [0.29, 0.717) is 6.41 Å². The highest BCUT2D eigenvalue weighted by molar-refractivity contribution is 9.10. The van der Waals surface area contributed by atoms with Gasteiger partial charge in [-0.25, -0.2) is 0 Å². The predicted molar refractivity (Wildman–Crippen MR) is 72.3 cm³/mol. The Kier molecular flexibility index (Phi) is 4.04. The van der Waals surface area contributed by atoms with Crippen molar-refractivity contribution < 1.29 is 4.79 Å². The van der Waals surface area contributed by atoms with Crippen LogP contribution in [0.3, 0.4) is 0 Å². The van der Waals surface area contributed by atoms with Gasteiger partial charge in [-0.2, -0.15) is 0 Å². The number of nitrogens with one attached hydrogen (secondary N) is 1. The van der Waals surface area contributed by atoms with Crippen LogP contribution in [0.5, 0.6) is 0 Å². The van der Waals surface area contributed by atoms with Crippen LogP contribution in [0.25, 0.3) is 0 Å². The molecule has 1 aromatic heterocycles. The number of para-hydroxylation sites is 1. The average Bonchev–Trinajstić information content (AvgIpc) is 2.68. The zero-order chi connectivity index (χ0) is 11.4. The number of amides is 1. The van der Waals surface area contributed by atoms with Crippen molar-refractivity contribution in [2.45, 2.75) is 9.10 Å². The highest BCUT2D eigenvalue weighted by Gasteiger charge is 2.07. The number of hydrogen-bond donors (Lipinski definition) is 1. The molecule has 2 rings (SSSR count). The summed E-state index contributed by atoms with van der Waals surface area (Å²) in [6.07, 6.45) is 0.697. The molecule has 2 aromatic rings. The Balaban J connectivity index is 2.27. The Bertz CT molecular complexity index is 498. The van der Waals surface area contributed by atoms with Crippen molar-refractivity contribution >= 4 is 51.1 Å². The molecule has 0 aliphatic rings. The minimum Gasteiger partial charge on any atom is -0.328 e. The van der Waals surface area contributed by atoms with Crippen molar-refractivity contribution in [3.05, 3.63) is 40.2 Å². The van der Waals surface area contributed by atoms with Gasteiger partial charge in [0.1, 0.15) is 0 Å². The van der Waals surface area contributed by atoms with Gasteiger partial charge in [-0.05, 0) is 39.5 Å². The second kappa shape index (κ2) is 5.52. The van der Waals surface area contributed by atoms with Gasteiger partial charge in [-0.1, -0.05) is 23.9 Å². The molecule has 16 heavy (non-hydrogen) atoms. The fourth-order valence-electron chi connectivity index (χ4n) is 1.19. The lowest BCUT2D eigenvalue weighted by molar-refractivity contribution is -0.105. The van der Waals surface area contributed by atoms with E-state index in [0.717, 1.165) is 15.1 Å². The summed E-state index contributed by atoms with van der Waals surface area (Å²) in [7, 11) is 0. The molecule has 0 aliphatic carbocycles. The molecule has 2 nitrogen and oxygen atoms in total. The van der Waals surface area contributed by atoms with Crippen molar-refractivity contribution in [3.8, 4) is 0 Å². The summed E-state index contributed by atoms with van der Waals surface area (Å²) < 4.78 is 2.27. The lowest BCUT2D eigenvalue weighted by atomic mass is 10.3. The van der Waals surface area contributed by atoms with Crippen molar-refractivity contribution in [1.82, 2.24) is 0 Å². The summed E-state index contributed by atoms with van der Waals surface area (Å²) in [4.78, 5) is 11.5. The van der Waals surface area contributed by atoms with E-state index in [9.17, 15) is 4.79 Å². The Morgan fingerprint density at radius 3 is 2.81 bits per heavy atom. The van der Waals surface area contributed by atoms with E-state index >= 15 is 0 Å². The van der Waals surface area contributed by atoms with Crippen molar-refractivity contribution in [2.75, 3.05) is 5.32 Å². The first-order chi connectivity index (χ1) is 7.81. The average molecular weight is 314 g/mol. The van der Waals surface area contributed by atoms with Crippen LogP contribution in [0.1, 0.15) is 0 Å². The van der Waals surface area contributed by atoms with Crippen LogP contribution in [0.15, 0.2) is 49.3 Å². The van der Waals surface area contributed by atoms with Crippen LogP contribution in [0.2, 0.25) is 0 Å². The fraction of sp³-hybridized carbons (Fsp3) is 0. The van der Waals surface area contributed by atoms with E-state index in [1.54, 1.807) is 23.1 Å². The van der Waals surface area contributed by atoms with Crippen LogP contribution in [-0.4, -0.2) is 6.41 Å². The molecular formula is C11H8BrNOS2. The second-order valence-electron chi connectivity index (χ2n) is 2.92. The molecule has 0 saturated heterocycles. The molecule has 1 heterocycles. The monoisotopic (exact) mass is 313 g/mol. The molecule has 0 spiro atoms. The number of benzene rings is 1. The van der Waals surface area contributed by atoms with Gasteiger partial charge in [0.05, 0.1) is 9.90 Å². The quantitative estimate of drug-likeness (QED) is 0.856. The van der Waals surface area contributed by atoms with E-state index in [-0.39, 0.29) is 0 Å². The first-order valence-corrected chi connectivity index (χ1v) is 7.00. The third kappa shape index (κ3) is 2.66. The first kappa shape index (κ1) is 11.7. The Morgan fingerprint density at radius 2 is 2.12 bits per heavy atom. The van der Waals surface area contributed by atoms with E-state index in [1.807, 2.05) is 35.7 Å². The summed E-state index contributed by atoms with van der Waals surface area (Å²) in [6.45, 7) is 0. The topological polar surface area (TPSA) is 29.1 Å². The minimum absolute atomic E-state index is 0.697. The van der Waals surface area contributed by atoms with Gasteiger partial charge < -0.3 is 5.32 Å². The highest BCUT2D eigenvalue weighted by Crippen LogP contribution is 2.40. The molecule has 1 amide bonds. The summed E-state index contributed by atoms with van der Waals surface area (Å²) >= 11 is 6.80. The maximum Gasteiger partial charge on any atom is 0.211 e. The molecule has 0 bridgehead atoms. The number of rotatable bonds is 4. The van der Waals surface area contributed by atoms with E-state index in [1.165, 1.54) is 4.21 Å². The summed E-state index contributed by atoms with van der Waals surface area (Å²) in [5, 5.41) is 4.73. The third-order valence-electron chi connectivity index (χ3n) is 1.89. The SMILES string of the molecule is O=CNc1ccccc1Sc1sccc1Br.